The minimum atomic E-state index is 0.556. The number of ether oxygens (including phenoxy) is 1. The van der Waals surface area contributed by atoms with E-state index in [0.717, 1.165) is 30.5 Å². The van der Waals surface area contributed by atoms with Crippen molar-refractivity contribution in [3.63, 3.8) is 0 Å². The van der Waals surface area contributed by atoms with E-state index in [1.807, 2.05) is 24.5 Å². The van der Waals surface area contributed by atoms with Crippen LogP contribution in [0.25, 0.3) is 0 Å². The van der Waals surface area contributed by atoms with Crippen LogP contribution in [0.3, 0.4) is 0 Å². The number of hydrogen-bond acceptors (Lipinski definition) is 6. The summed E-state index contributed by atoms with van der Waals surface area (Å²) in [6, 6.07) is 4.06. The monoisotopic (exact) mass is 306 g/mol. The van der Waals surface area contributed by atoms with Crippen LogP contribution in [0.15, 0.2) is 24.5 Å². The van der Waals surface area contributed by atoms with E-state index in [-0.39, 0.29) is 0 Å². The fraction of sp³-hybridized carbons (Fsp3) is 0.467. The Morgan fingerprint density at radius 1 is 1.33 bits per heavy atom. The third kappa shape index (κ3) is 4.49. The Morgan fingerprint density at radius 3 is 2.76 bits per heavy atom. The molecule has 2 aromatic rings. The van der Waals surface area contributed by atoms with E-state index in [1.165, 1.54) is 10.4 Å². The average Bonchev–Trinajstić information content (AvgIpc) is 2.90. The van der Waals surface area contributed by atoms with Gasteiger partial charge in [-0.15, -0.1) is 11.3 Å². The van der Waals surface area contributed by atoms with Gasteiger partial charge in [-0.3, -0.25) is 4.98 Å². The number of pyridine rings is 1. The molecule has 0 amide bonds. The molecule has 0 atom stereocenters. The average molecular weight is 306 g/mol. The molecule has 6 heteroatoms. The maximum absolute atomic E-state index is 5.25. The predicted molar refractivity (Wildman–Crippen MR) is 86.6 cm³/mol. The van der Waals surface area contributed by atoms with Crippen LogP contribution < -0.4 is 10.2 Å². The standard InChI is InChI=1S/C15H22N4OS/c1-4-16-9-14-13(11-20-3)18-15(21-14)19(2)10-12-5-7-17-8-6-12/h5-8,16H,4,9-11H2,1-3H3. The first kappa shape index (κ1) is 15.9. The number of nitrogens with one attached hydrogen (secondary N) is 1. The van der Waals surface area contributed by atoms with Crippen molar-refractivity contribution in [3.8, 4) is 0 Å². The highest BCUT2D eigenvalue weighted by Gasteiger charge is 2.14. The van der Waals surface area contributed by atoms with Crippen LogP contribution in [-0.2, 0) is 24.4 Å². The Labute approximate surface area is 130 Å². The summed E-state index contributed by atoms with van der Waals surface area (Å²) >= 11 is 1.72. The van der Waals surface area contributed by atoms with Crippen LogP contribution in [0, 0.1) is 0 Å². The van der Waals surface area contributed by atoms with Crippen molar-refractivity contribution in [3.05, 3.63) is 40.7 Å². The first-order chi connectivity index (χ1) is 10.2. The highest BCUT2D eigenvalue weighted by molar-refractivity contribution is 7.15. The number of rotatable bonds is 8. The van der Waals surface area contributed by atoms with Gasteiger partial charge in [0.2, 0.25) is 0 Å². The van der Waals surface area contributed by atoms with Gasteiger partial charge in [0.25, 0.3) is 0 Å². The van der Waals surface area contributed by atoms with Crippen LogP contribution in [0.4, 0.5) is 5.13 Å². The lowest BCUT2D eigenvalue weighted by Crippen LogP contribution is -2.16. The summed E-state index contributed by atoms with van der Waals surface area (Å²) in [4.78, 5) is 12.2. The number of anilines is 1. The molecule has 0 aromatic carbocycles. The summed E-state index contributed by atoms with van der Waals surface area (Å²) in [5, 5.41) is 4.37. The lowest BCUT2D eigenvalue weighted by molar-refractivity contribution is 0.181. The second-order valence-corrected chi connectivity index (χ2v) is 5.85. The molecule has 0 spiro atoms. The summed E-state index contributed by atoms with van der Waals surface area (Å²) < 4.78 is 5.25. The van der Waals surface area contributed by atoms with Crippen LogP contribution in [0.2, 0.25) is 0 Å². The van der Waals surface area contributed by atoms with Crippen LogP contribution in [-0.4, -0.2) is 30.7 Å². The van der Waals surface area contributed by atoms with E-state index in [4.69, 9.17) is 9.72 Å². The minimum absolute atomic E-state index is 0.556. The molecule has 0 saturated heterocycles. The zero-order valence-electron chi connectivity index (χ0n) is 12.8. The van der Waals surface area contributed by atoms with Crippen LogP contribution in [0.1, 0.15) is 23.1 Å². The summed E-state index contributed by atoms with van der Waals surface area (Å²) in [6.07, 6.45) is 3.63. The van der Waals surface area contributed by atoms with E-state index in [0.29, 0.717) is 6.61 Å². The topological polar surface area (TPSA) is 50.3 Å². The molecule has 2 aromatic heterocycles. The van der Waals surface area contributed by atoms with Gasteiger partial charge in [-0.2, -0.15) is 0 Å². The molecule has 0 bridgehead atoms. The molecular weight excluding hydrogens is 284 g/mol. The van der Waals surface area contributed by atoms with E-state index in [9.17, 15) is 0 Å². The molecular formula is C15H22N4OS. The smallest absolute Gasteiger partial charge is 0.185 e. The normalized spacial score (nSPS) is 10.8. The molecule has 2 rings (SSSR count). The SMILES string of the molecule is CCNCc1sc(N(C)Cc2ccncc2)nc1COC. The molecule has 0 aliphatic heterocycles. The lowest BCUT2D eigenvalue weighted by Gasteiger charge is -2.15. The molecule has 0 unspecified atom stereocenters. The summed E-state index contributed by atoms with van der Waals surface area (Å²) in [7, 11) is 3.77. The second kappa shape index (κ2) is 8.07. The van der Waals surface area contributed by atoms with Gasteiger partial charge >= 0.3 is 0 Å². The largest absolute Gasteiger partial charge is 0.378 e. The number of aromatic nitrogens is 2. The molecule has 0 saturated carbocycles. The maximum atomic E-state index is 5.25. The zero-order chi connectivity index (χ0) is 15.1. The first-order valence-corrected chi connectivity index (χ1v) is 7.84. The number of methoxy groups -OCH3 is 1. The van der Waals surface area contributed by atoms with Gasteiger partial charge in [0, 0.05) is 44.5 Å². The van der Waals surface area contributed by atoms with Gasteiger partial charge in [-0.1, -0.05) is 6.92 Å². The Balaban J connectivity index is 2.10. The molecule has 114 valence electrons. The third-order valence-electron chi connectivity index (χ3n) is 3.08. The highest BCUT2D eigenvalue weighted by atomic mass is 32.1. The summed E-state index contributed by atoms with van der Waals surface area (Å²) in [6.45, 7) is 5.28. The molecule has 0 radical (unpaired) electrons. The molecule has 0 aliphatic rings. The molecule has 2 heterocycles. The van der Waals surface area contributed by atoms with Gasteiger partial charge in [-0.25, -0.2) is 4.98 Å². The molecule has 0 fully saturated rings. The predicted octanol–water partition coefficient (Wildman–Crippen LogP) is 2.43. The van der Waals surface area contributed by atoms with Gasteiger partial charge in [0.05, 0.1) is 12.3 Å². The van der Waals surface area contributed by atoms with Crippen molar-refractivity contribution in [2.45, 2.75) is 26.6 Å². The van der Waals surface area contributed by atoms with Crippen molar-refractivity contribution in [1.82, 2.24) is 15.3 Å². The fourth-order valence-corrected chi connectivity index (χ4v) is 2.98. The van der Waals surface area contributed by atoms with Gasteiger partial charge < -0.3 is 15.0 Å². The number of nitrogens with zero attached hydrogens (tertiary/aromatic N) is 3. The van der Waals surface area contributed by atoms with Crippen molar-refractivity contribution in [1.29, 1.82) is 0 Å². The Hall–Kier alpha value is -1.50. The van der Waals surface area contributed by atoms with E-state index in [1.54, 1.807) is 18.4 Å². The Kier molecular flexibility index (Phi) is 6.10. The van der Waals surface area contributed by atoms with Crippen molar-refractivity contribution >= 4 is 16.5 Å². The number of hydrogen-bond donors (Lipinski definition) is 1. The lowest BCUT2D eigenvalue weighted by atomic mass is 10.2. The van der Waals surface area contributed by atoms with Crippen LogP contribution >= 0.6 is 11.3 Å². The molecule has 21 heavy (non-hydrogen) atoms. The quantitative estimate of drug-likeness (QED) is 0.812. The first-order valence-electron chi connectivity index (χ1n) is 7.02. The van der Waals surface area contributed by atoms with Crippen molar-refractivity contribution in [2.24, 2.45) is 0 Å². The van der Waals surface area contributed by atoms with E-state index < -0.39 is 0 Å². The van der Waals surface area contributed by atoms with E-state index >= 15 is 0 Å². The molecule has 0 aliphatic carbocycles. The zero-order valence-corrected chi connectivity index (χ0v) is 13.6. The second-order valence-electron chi connectivity index (χ2n) is 4.79. The molecule has 1 N–H and O–H groups in total. The fourth-order valence-electron chi connectivity index (χ4n) is 1.99. The summed E-state index contributed by atoms with van der Waals surface area (Å²) in [5.41, 5.74) is 2.25. The number of thiazole rings is 1. The Morgan fingerprint density at radius 2 is 2.10 bits per heavy atom. The van der Waals surface area contributed by atoms with Gasteiger partial charge in [0.1, 0.15) is 0 Å². The van der Waals surface area contributed by atoms with Crippen molar-refractivity contribution in [2.75, 3.05) is 25.6 Å². The van der Waals surface area contributed by atoms with Gasteiger partial charge in [-0.05, 0) is 24.2 Å². The molecule has 5 nitrogen and oxygen atoms in total. The Bertz CT molecular complexity index is 544. The van der Waals surface area contributed by atoms with Crippen LogP contribution in [0.5, 0.6) is 0 Å². The van der Waals surface area contributed by atoms with Gasteiger partial charge in [0.15, 0.2) is 5.13 Å². The van der Waals surface area contributed by atoms with Crippen molar-refractivity contribution < 1.29 is 4.74 Å². The van der Waals surface area contributed by atoms with E-state index in [2.05, 4.69) is 29.2 Å². The minimum Gasteiger partial charge on any atom is -0.378 e. The third-order valence-corrected chi connectivity index (χ3v) is 4.29. The summed E-state index contributed by atoms with van der Waals surface area (Å²) in [5.74, 6) is 0. The maximum Gasteiger partial charge on any atom is 0.185 e. The highest BCUT2D eigenvalue weighted by Crippen LogP contribution is 2.27.